The molecular formula is C24H31N2O4+. The number of hydrogen-bond donors (Lipinski definition) is 1. The van der Waals surface area contributed by atoms with Crippen LogP contribution in [0.15, 0.2) is 53.3 Å². The summed E-state index contributed by atoms with van der Waals surface area (Å²) in [7, 11) is 0. The van der Waals surface area contributed by atoms with Gasteiger partial charge in [-0.05, 0) is 24.6 Å². The van der Waals surface area contributed by atoms with Crippen molar-refractivity contribution in [1.29, 1.82) is 0 Å². The highest BCUT2D eigenvalue weighted by atomic mass is 16.6. The minimum atomic E-state index is -0.299. The Morgan fingerprint density at radius 1 is 1.13 bits per heavy atom. The Balaban J connectivity index is 1.44. The van der Waals surface area contributed by atoms with Crippen LogP contribution in [0, 0.1) is 11.8 Å². The number of likely N-dealkylation sites (tertiary alicyclic amines) is 1. The minimum absolute atomic E-state index is 0.102. The van der Waals surface area contributed by atoms with E-state index in [9.17, 15) is 9.59 Å². The van der Waals surface area contributed by atoms with Gasteiger partial charge in [0.15, 0.2) is 6.10 Å². The zero-order valence-corrected chi connectivity index (χ0v) is 17.8. The maximum Gasteiger partial charge on any atom is 0.308 e. The lowest BCUT2D eigenvalue weighted by Crippen LogP contribution is -3.15. The quantitative estimate of drug-likeness (QED) is 0.702. The van der Waals surface area contributed by atoms with E-state index in [2.05, 4.69) is 6.07 Å². The van der Waals surface area contributed by atoms with E-state index < -0.39 is 0 Å². The molecule has 1 saturated heterocycles. The molecule has 0 aliphatic carbocycles. The standard InChI is InChI=1S/C24H30N2O4/c1-17(2)24(28)30-21(16-29-20-7-4-3-5-8-20)15-25-12-18-11-19(14-25)22-9-6-10-23(27)26(22)13-18/h3-10,17-19,21H,11-16H2,1-2H3/p+1/t18-,19+,21+/m0/s1. The van der Waals surface area contributed by atoms with Crippen LogP contribution in [-0.2, 0) is 16.1 Å². The third-order valence-corrected chi connectivity index (χ3v) is 6.12. The van der Waals surface area contributed by atoms with Gasteiger partial charge in [0.25, 0.3) is 5.56 Å². The van der Waals surface area contributed by atoms with Crippen molar-refractivity contribution in [1.82, 2.24) is 4.57 Å². The fraction of sp³-hybridized carbons (Fsp3) is 0.500. The van der Waals surface area contributed by atoms with Gasteiger partial charge in [-0.15, -0.1) is 0 Å². The fourth-order valence-corrected chi connectivity index (χ4v) is 4.75. The molecular weight excluding hydrogens is 380 g/mol. The molecule has 0 amide bonds. The molecule has 6 heteroatoms. The Hall–Kier alpha value is -2.60. The van der Waals surface area contributed by atoms with Crippen LogP contribution in [0.4, 0.5) is 0 Å². The molecule has 30 heavy (non-hydrogen) atoms. The maximum atomic E-state index is 12.3. The van der Waals surface area contributed by atoms with Crippen LogP contribution in [0.5, 0.6) is 5.75 Å². The summed E-state index contributed by atoms with van der Waals surface area (Å²) in [6, 6.07) is 15.2. The van der Waals surface area contributed by atoms with E-state index in [1.807, 2.05) is 54.8 Å². The normalized spacial score (nSPS) is 23.5. The number of fused-ring (bicyclic) bond motifs is 4. The molecule has 1 N–H and O–H groups in total. The Morgan fingerprint density at radius 2 is 1.93 bits per heavy atom. The first kappa shape index (κ1) is 20.7. The summed E-state index contributed by atoms with van der Waals surface area (Å²) in [5.74, 6) is 1.27. The molecule has 2 aliphatic rings. The fourth-order valence-electron chi connectivity index (χ4n) is 4.75. The highest BCUT2D eigenvalue weighted by molar-refractivity contribution is 5.71. The van der Waals surface area contributed by atoms with E-state index in [0.29, 0.717) is 18.4 Å². The van der Waals surface area contributed by atoms with Crippen LogP contribution in [0.1, 0.15) is 31.9 Å². The van der Waals surface area contributed by atoms with Crippen LogP contribution in [0.2, 0.25) is 0 Å². The molecule has 2 aromatic rings. The first-order valence-corrected chi connectivity index (χ1v) is 10.9. The molecule has 0 radical (unpaired) electrons. The molecule has 1 aromatic heterocycles. The number of aromatic nitrogens is 1. The van der Waals surface area contributed by atoms with E-state index in [4.69, 9.17) is 9.47 Å². The minimum Gasteiger partial charge on any atom is -0.489 e. The molecule has 160 valence electrons. The molecule has 1 unspecified atom stereocenters. The Labute approximate surface area is 177 Å². The smallest absolute Gasteiger partial charge is 0.308 e. The highest BCUT2D eigenvalue weighted by Crippen LogP contribution is 2.30. The van der Waals surface area contributed by atoms with Gasteiger partial charge in [0.05, 0.1) is 19.0 Å². The van der Waals surface area contributed by atoms with Gasteiger partial charge >= 0.3 is 5.97 Å². The third-order valence-electron chi connectivity index (χ3n) is 6.12. The van der Waals surface area contributed by atoms with Gasteiger partial charge in [-0.2, -0.15) is 0 Å². The summed E-state index contributed by atoms with van der Waals surface area (Å²) in [6.45, 7) is 7.48. The molecule has 4 atom stereocenters. The van der Waals surface area contributed by atoms with Gasteiger partial charge in [-0.3, -0.25) is 9.59 Å². The van der Waals surface area contributed by atoms with Crippen molar-refractivity contribution in [3.63, 3.8) is 0 Å². The Kier molecular flexibility index (Phi) is 6.23. The summed E-state index contributed by atoms with van der Waals surface area (Å²) in [6.07, 6.45) is 0.830. The molecule has 3 heterocycles. The average Bonchev–Trinajstić information content (AvgIpc) is 2.73. The number of hydrogen-bond acceptors (Lipinski definition) is 4. The van der Waals surface area contributed by atoms with Crippen molar-refractivity contribution in [3.8, 4) is 5.75 Å². The van der Waals surface area contributed by atoms with E-state index >= 15 is 0 Å². The topological polar surface area (TPSA) is 62.0 Å². The van der Waals surface area contributed by atoms with Crippen molar-refractivity contribution in [3.05, 3.63) is 64.6 Å². The van der Waals surface area contributed by atoms with E-state index in [1.165, 1.54) is 4.90 Å². The van der Waals surface area contributed by atoms with Gasteiger partial charge in [0, 0.05) is 30.1 Å². The summed E-state index contributed by atoms with van der Waals surface area (Å²) >= 11 is 0. The van der Waals surface area contributed by atoms with Crippen molar-refractivity contribution in [2.75, 3.05) is 26.2 Å². The van der Waals surface area contributed by atoms with Crippen molar-refractivity contribution in [2.45, 2.75) is 38.8 Å². The van der Waals surface area contributed by atoms with Crippen molar-refractivity contribution >= 4 is 5.97 Å². The van der Waals surface area contributed by atoms with Crippen LogP contribution < -0.4 is 15.2 Å². The number of quaternary nitrogens is 1. The number of nitrogens with one attached hydrogen (secondary N) is 1. The zero-order chi connectivity index (χ0) is 21.1. The second-order valence-electron chi connectivity index (χ2n) is 8.90. The van der Waals surface area contributed by atoms with Gasteiger partial charge in [-0.25, -0.2) is 0 Å². The maximum absolute atomic E-state index is 12.3. The number of carbonyl (C=O) groups is 1. The summed E-state index contributed by atoms with van der Waals surface area (Å²) < 4.78 is 13.7. The largest absolute Gasteiger partial charge is 0.489 e. The molecule has 6 nitrogen and oxygen atoms in total. The molecule has 4 rings (SSSR count). The second-order valence-corrected chi connectivity index (χ2v) is 8.90. The Morgan fingerprint density at radius 3 is 2.70 bits per heavy atom. The van der Waals surface area contributed by atoms with E-state index in [0.717, 1.165) is 44.0 Å². The van der Waals surface area contributed by atoms with Crippen LogP contribution in [0.3, 0.4) is 0 Å². The van der Waals surface area contributed by atoms with Gasteiger partial charge in [-0.1, -0.05) is 38.1 Å². The van der Waals surface area contributed by atoms with Crippen LogP contribution >= 0.6 is 0 Å². The van der Waals surface area contributed by atoms with Crippen LogP contribution in [-0.4, -0.2) is 42.9 Å². The number of esters is 1. The number of nitrogens with zero attached hydrogens (tertiary/aromatic N) is 1. The number of ether oxygens (including phenoxy) is 2. The SMILES string of the molecule is CC(C)C(=O)O[C@@H](COc1ccccc1)C[NH+]1C[C@@H]2C[C@H](C1)c1cccc(=O)n1C2. The first-order valence-electron chi connectivity index (χ1n) is 10.9. The van der Waals surface area contributed by atoms with Crippen molar-refractivity contribution < 1.29 is 19.2 Å². The predicted octanol–water partition coefficient (Wildman–Crippen LogP) is 1.50. The zero-order valence-electron chi connectivity index (χ0n) is 17.8. The average molecular weight is 412 g/mol. The number of rotatable bonds is 7. The molecule has 0 spiro atoms. The third kappa shape index (κ3) is 4.75. The van der Waals surface area contributed by atoms with Gasteiger partial charge in [0.2, 0.25) is 0 Å². The van der Waals surface area contributed by atoms with Gasteiger partial charge < -0.3 is 18.9 Å². The summed E-state index contributed by atoms with van der Waals surface area (Å²) in [5, 5.41) is 0. The first-order chi connectivity index (χ1) is 14.5. The van der Waals surface area contributed by atoms with Crippen molar-refractivity contribution in [2.24, 2.45) is 11.8 Å². The van der Waals surface area contributed by atoms with Crippen LogP contribution in [0.25, 0.3) is 0 Å². The number of carbonyl (C=O) groups excluding carboxylic acids is 1. The summed E-state index contributed by atoms with van der Waals surface area (Å²) in [5.41, 5.74) is 1.25. The second kappa shape index (κ2) is 9.04. The number of para-hydroxylation sites is 1. The lowest BCUT2D eigenvalue weighted by Gasteiger charge is -2.41. The lowest BCUT2D eigenvalue weighted by molar-refractivity contribution is -0.913. The van der Waals surface area contributed by atoms with E-state index in [-0.39, 0.29) is 23.6 Å². The number of piperidine rings is 1. The molecule has 2 aliphatic heterocycles. The number of benzene rings is 1. The predicted molar refractivity (Wildman–Crippen MR) is 114 cm³/mol. The lowest BCUT2D eigenvalue weighted by atomic mass is 9.83. The Bertz CT molecular complexity index is 924. The molecule has 1 fully saturated rings. The molecule has 2 bridgehead atoms. The molecule has 1 aromatic carbocycles. The number of pyridine rings is 1. The highest BCUT2D eigenvalue weighted by Gasteiger charge is 2.38. The molecule has 0 saturated carbocycles. The van der Waals surface area contributed by atoms with Gasteiger partial charge in [0.1, 0.15) is 18.9 Å². The van der Waals surface area contributed by atoms with E-state index in [1.54, 1.807) is 6.07 Å². The monoisotopic (exact) mass is 411 g/mol. The summed E-state index contributed by atoms with van der Waals surface area (Å²) in [4.78, 5) is 25.9.